The van der Waals surface area contributed by atoms with Crippen molar-refractivity contribution in [1.82, 2.24) is 5.01 Å². The van der Waals surface area contributed by atoms with Gasteiger partial charge in [0.25, 0.3) is 0 Å². The number of ether oxygens (including phenoxy) is 2. The number of hydrogen-bond donors (Lipinski definition) is 1. The fourth-order valence-corrected chi connectivity index (χ4v) is 4.58. The zero-order valence-corrected chi connectivity index (χ0v) is 20.8. The minimum Gasteiger partial charge on any atom is -0.460 e. The van der Waals surface area contributed by atoms with Crippen molar-refractivity contribution in [3.8, 4) is 0 Å². The number of morpholine rings is 1. The van der Waals surface area contributed by atoms with Gasteiger partial charge in [-0.05, 0) is 62.3 Å². The zero-order valence-electron chi connectivity index (χ0n) is 20.8. The number of esters is 1. The number of carbonyl (C=O) groups excluding carboxylic acids is 2. The van der Waals surface area contributed by atoms with Gasteiger partial charge in [-0.2, -0.15) is 5.10 Å². The molecular weight excluding hydrogens is 442 g/mol. The standard InChI is InChI=1S/C28H35N3O4/c1-28(2,3)35-25(32)17-22-10-8-20-9-11-23(16-24(20)26(22)29)27(33)21-6-4-19(5-7-21)18-30-31-12-14-34-15-13-31/h4-7,9,11,16,18,22,26H,8,10,12-15,17,29H2,1-3H3. The summed E-state index contributed by atoms with van der Waals surface area (Å²) in [5.74, 6) is -0.287. The van der Waals surface area contributed by atoms with E-state index >= 15 is 0 Å². The van der Waals surface area contributed by atoms with Crippen LogP contribution >= 0.6 is 0 Å². The largest absolute Gasteiger partial charge is 0.460 e. The van der Waals surface area contributed by atoms with Crippen molar-refractivity contribution < 1.29 is 19.1 Å². The van der Waals surface area contributed by atoms with Gasteiger partial charge in [0.1, 0.15) is 5.60 Å². The average molecular weight is 478 g/mol. The summed E-state index contributed by atoms with van der Waals surface area (Å²) in [5, 5.41) is 6.47. The highest BCUT2D eigenvalue weighted by atomic mass is 16.6. The minimum absolute atomic E-state index is 0.00672. The first-order valence-electron chi connectivity index (χ1n) is 12.3. The maximum Gasteiger partial charge on any atom is 0.306 e. The summed E-state index contributed by atoms with van der Waals surface area (Å²) in [6.07, 6.45) is 3.75. The van der Waals surface area contributed by atoms with E-state index in [4.69, 9.17) is 15.2 Å². The van der Waals surface area contributed by atoms with E-state index in [0.29, 0.717) is 24.3 Å². The van der Waals surface area contributed by atoms with Gasteiger partial charge in [0.2, 0.25) is 0 Å². The van der Waals surface area contributed by atoms with Crippen molar-refractivity contribution in [3.05, 3.63) is 70.3 Å². The first-order chi connectivity index (χ1) is 16.7. The molecule has 2 aromatic carbocycles. The number of benzene rings is 2. The van der Waals surface area contributed by atoms with E-state index in [0.717, 1.165) is 42.6 Å². The number of fused-ring (bicyclic) bond motifs is 1. The molecule has 2 unspecified atom stereocenters. The molecule has 0 radical (unpaired) electrons. The fourth-order valence-electron chi connectivity index (χ4n) is 4.58. The second kappa shape index (κ2) is 10.7. The third-order valence-corrected chi connectivity index (χ3v) is 6.44. The van der Waals surface area contributed by atoms with Crippen LogP contribution in [0.2, 0.25) is 0 Å². The Kier molecular flexibility index (Phi) is 7.67. The van der Waals surface area contributed by atoms with E-state index in [2.05, 4.69) is 5.10 Å². The van der Waals surface area contributed by atoms with Crippen LogP contribution in [-0.2, 0) is 20.7 Å². The highest BCUT2D eigenvalue weighted by Gasteiger charge is 2.31. The molecule has 2 N–H and O–H groups in total. The Morgan fingerprint density at radius 3 is 2.49 bits per heavy atom. The first kappa shape index (κ1) is 25.1. The molecule has 2 atom stereocenters. The summed E-state index contributed by atoms with van der Waals surface area (Å²) in [7, 11) is 0. The second-order valence-corrected chi connectivity index (χ2v) is 10.3. The smallest absolute Gasteiger partial charge is 0.306 e. The molecule has 7 nitrogen and oxygen atoms in total. The van der Waals surface area contributed by atoms with Gasteiger partial charge in [0, 0.05) is 17.2 Å². The van der Waals surface area contributed by atoms with E-state index in [-0.39, 0.29) is 30.1 Å². The molecule has 2 aromatic rings. The molecule has 35 heavy (non-hydrogen) atoms. The average Bonchev–Trinajstić information content (AvgIpc) is 2.84. The third-order valence-electron chi connectivity index (χ3n) is 6.44. The molecule has 0 aromatic heterocycles. The predicted molar refractivity (Wildman–Crippen MR) is 136 cm³/mol. The van der Waals surface area contributed by atoms with Crippen LogP contribution in [-0.4, -0.2) is 54.9 Å². The topological polar surface area (TPSA) is 94.2 Å². The van der Waals surface area contributed by atoms with Gasteiger partial charge in [-0.3, -0.25) is 14.6 Å². The summed E-state index contributed by atoms with van der Waals surface area (Å²) in [6.45, 7) is 8.54. The van der Waals surface area contributed by atoms with Crippen LogP contribution in [0.25, 0.3) is 0 Å². The second-order valence-electron chi connectivity index (χ2n) is 10.3. The van der Waals surface area contributed by atoms with E-state index in [1.165, 1.54) is 0 Å². The van der Waals surface area contributed by atoms with Crippen molar-refractivity contribution in [2.24, 2.45) is 16.8 Å². The summed E-state index contributed by atoms with van der Waals surface area (Å²) in [6, 6.07) is 12.9. The molecule has 4 rings (SSSR count). The molecule has 0 amide bonds. The number of hydrogen-bond acceptors (Lipinski definition) is 7. The van der Waals surface area contributed by atoms with Crippen LogP contribution in [0.4, 0.5) is 0 Å². The molecule has 1 fully saturated rings. The lowest BCUT2D eigenvalue weighted by molar-refractivity contribution is -0.156. The Bertz CT molecular complexity index is 1080. The lowest BCUT2D eigenvalue weighted by Gasteiger charge is -2.31. The quantitative estimate of drug-likeness (QED) is 0.386. The van der Waals surface area contributed by atoms with Crippen LogP contribution < -0.4 is 5.73 Å². The molecule has 0 saturated carbocycles. The van der Waals surface area contributed by atoms with Gasteiger partial charge in [-0.25, -0.2) is 0 Å². The Morgan fingerprint density at radius 1 is 1.11 bits per heavy atom. The van der Waals surface area contributed by atoms with Crippen molar-refractivity contribution in [1.29, 1.82) is 0 Å². The number of ketones is 1. The highest BCUT2D eigenvalue weighted by Crippen LogP contribution is 2.36. The zero-order chi connectivity index (χ0) is 25.0. The van der Waals surface area contributed by atoms with E-state index in [1.54, 1.807) is 0 Å². The number of aryl methyl sites for hydroxylation is 1. The molecule has 0 bridgehead atoms. The van der Waals surface area contributed by atoms with Crippen LogP contribution in [0.1, 0.15) is 72.3 Å². The first-order valence-corrected chi connectivity index (χ1v) is 12.3. The van der Waals surface area contributed by atoms with E-state index in [1.807, 2.05) is 74.5 Å². The van der Waals surface area contributed by atoms with Crippen LogP contribution in [0, 0.1) is 5.92 Å². The normalized spacial score (nSPS) is 20.5. The van der Waals surface area contributed by atoms with Gasteiger partial charge in [-0.15, -0.1) is 0 Å². The SMILES string of the molecule is CC(C)(C)OC(=O)CC1CCc2ccc(C(=O)c3ccc(C=NN4CCOCC4)cc3)cc2C1N. The van der Waals surface area contributed by atoms with E-state index in [9.17, 15) is 9.59 Å². The van der Waals surface area contributed by atoms with Gasteiger partial charge >= 0.3 is 5.97 Å². The molecule has 1 aliphatic heterocycles. The van der Waals surface area contributed by atoms with Gasteiger partial charge in [0.15, 0.2) is 5.78 Å². The van der Waals surface area contributed by atoms with E-state index < -0.39 is 5.60 Å². The van der Waals surface area contributed by atoms with Gasteiger partial charge in [-0.1, -0.05) is 36.4 Å². The molecule has 1 heterocycles. The van der Waals surface area contributed by atoms with Crippen LogP contribution in [0.15, 0.2) is 47.6 Å². The summed E-state index contributed by atoms with van der Waals surface area (Å²) >= 11 is 0. The maximum atomic E-state index is 13.2. The van der Waals surface area contributed by atoms with Crippen molar-refractivity contribution >= 4 is 18.0 Å². The molecule has 1 aliphatic carbocycles. The molecule has 186 valence electrons. The predicted octanol–water partition coefficient (Wildman–Crippen LogP) is 3.88. The summed E-state index contributed by atoms with van der Waals surface area (Å²) < 4.78 is 10.8. The number of nitrogens with two attached hydrogens (primary N) is 1. The molecular formula is C28H35N3O4. The lowest BCUT2D eigenvalue weighted by atomic mass is 9.77. The lowest BCUT2D eigenvalue weighted by Crippen LogP contribution is -2.32. The fraction of sp³-hybridized carbons (Fsp3) is 0.464. The summed E-state index contributed by atoms with van der Waals surface area (Å²) in [5.41, 5.74) is 10.3. The van der Waals surface area contributed by atoms with Gasteiger partial charge in [0.05, 0.1) is 38.9 Å². The summed E-state index contributed by atoms with van der Waals surface area (Å²) in [4.78, 5) is 25.6. The Hall–Kier alpha value is -3.03. The van der Waals surface area contributed by atoms with Crippen molar-refractivity contribution in [2.45, 2.75) is 51.7 Å². The Balaban J connectivity index is 1.44. The number of nitrogens with zero attached hydrogens (tertiary/aromatic N) is 2. The monoisotopic (exact) mass is 477 g/mol. The van der Waals surface area contributed by atoms with Crippen LogP contribution in [0.3, 0.4) is 0 Å². The molecule has 0 spiro atoms. The van der Waals surface area contributed by atoms with Crippen LogP contribution in [0.5, 0.6) is 0 Å². The Morgan fingerprint density at radius 2 is 1.80 bits per heavy atom. The molecule has 2 aliphatic rings. The molecule has 1 saturated heterocycles. The maximum absolute atomic E-state index is 13.2. The highest BCUT2D eigenvalue weighted by molar-refractivity contribution is 6.09. The number of hydrazone groups is 1. The Labute approximate surface area is 207 Å². The number of carbonyl (C=O) groups is 2. The number of rotatable bonds is 6. The van der Waals surface area contributed by atoms with Gasteiger partial charge < -0.3 is 15.2 Å². The van der Waals surface area contributed by atoms with Crippen molar-refractivity contribution in [3.63, 3.8) is 0 Å². The minimum atomic E-state index is -0.517. The third kappa shape index (κ3) is 6.55. The van der Waals surface area contributed by atoms with Crippen molar-refractivity contribution in [2.75, 3.05) is 26.3 Å². The molecule has 7 heteroatoms.